The molecule has 0 radical (unpaired) electrons. The van der Waals surface area contributed by atoms with E-state index in [9.17, 15) is 5.11 Å². The van der Waals surface area contributed by atoms with Crippen LogP contribution in [0.1, 0.15) is 52.0 Å². The van der Waals surface area contributed by atoms with Crippen LogP contribution in [0, 0.1) is 10.8 Å². The van der Waals surface area contributed by atoms with Gasteiger partial charge in [0.15, 0.2) is 0 Å². The van der Waals surface area contributed by atoms with Crippen molar-refractivity contribution >= 4 is 0 Å². The van der Waals surface area contributed by atoms with Crippen molar-refractivity contribution in [3.63, 3.8) is 0 Å². The molecule has 0 aromatic heterocycles. The summed E-state index contributed by atoms with van der Waals surface area (Å²) < 4.78 is 0. The van der Waals surface area contributed by atoms with Crippen LogP contribution in [-0.4, -0.2) is 11.2 Å². The monoisotopic (exact) mass is 232 g/mol. The molecule has 0 unspecified atom stereocenters. The van der Waals surface area contributed by atoms with E-state index >= 15 is 0 Å². The first-order valence-electron chi connectivity index (χ1n) is 6.56. The van der Waals surface area contributed by atoms with Gasteiger partial charge in [0.1, 0.15) is 0 Å². The van der Waals surface area contributed by atoms with Crippen LogP contribution in [-0.2, 0) is 0 Å². The van der Waals surface area contributed by atoms with Crippen LogP contribution in [0.4, 0.5) is 0 Å². The maximum absolute atomic E-state index is 10.0. The van der Waals surface area contributed by atoms with Crippen LogP contribution in [0.3, 0.4) is 0 Å². The van der Waals surface area contributed by atoms with Gasteiger partial charge in [-0.05, 0) is 35.2 Å². The van der Waals surface area contributed by atoms with Crippen molar-refractivity contribution in [3.05, 3.63) is 35.9 Å². The van der Waals surface area contributed by atoms with E-state index in [1.807, 2.05) is 0 Å². The average Bonchev–Trinajstić information content (AvgIpc) is 2.14. The summed E-state index contributed by atoms with van der Waals surface area (Å²) in [6.07, 6.45) is 1.64. The fraction of sp³-hybridized carbons (Fsp3) is 0.625. The van der Waals surface area contributed by atoms with E-state index in [4.69, 9.17) is 0 Å². The van der Waals surface area contributed by atoms with Crippen molar-refractivity contribution in [2.75, 3.05) is 0 Å². The molecule has 0 aliphatic heterocycles. The molecule has 1 aromatic rings. The Morgan fingerprint density at radius 3 is 1.88 bits per heavy atom. The largest absolute Gasteiger partial charge is 0.393 e. The highest BCUT2D eigenvalue weighted by molar-refractivity contribution is 5.25. The molecule has 1 aliphatic rings. The van der Waals surface area contributed by atoms with Gasteiger partial charge in [-0.25, -0.2) is 0 Å². The highest BCUT2D eigenvalue weighted by atomic mass is 16.3. The van der Waals surface area contributed by atoms with Crippen LogP contribution in [0.2, 0.25) is 0 Å². The number of hydrogen-bond acceptors (Lipinski definition) is 1. The van der Waals surface area contributed by atoms with Gasteiger partial charge < -0.3 is 5.11 Å². The van der Waals surface area contributed by atoms with Crippen molar-refractivity contribution in [2.45, 2.75) is 52.6 Å². The van der Waals surface area contributed by atoms with Crippen molar-refractivity contribution in [1.82, 2.24) is 0 Å². The zero-order chi connectivity index (χ0) is 12.7. The minimum atomic E-state index is -0.153. The molecular weight excluding hydrogens is 208 g/mol. The predicted octanol–water partition coefficient (Wildman–Crippen LogP) is 3.98. The molecule has 0 spiro atoms. The number of benzene rings is 1. The molecule has 1 saturated carbocycles. The molecule has 0 bridgehead atoms. The Kier molecular flexibility index (Phi) is 3.07. The van der Waals surface area contributed by atoms with Crippen LogP contribution in [0.15, 0.2) is 30.3 Å². The van der Waals surface area contributed by atoms with E-state index in [0.717, 1.165) is 12.8 Å². The van der Waals surface area contributed by atoms with E-state index in [2.05, 4.69) is 58.0 Å². The summed E-state index contributed by atoms with van der Waals surface area (Å²) in [7, 11) is 0. The fourth-order valence-corrected chi connectivity index (χ4v) is 4.13. The molecule has 1 N–H and O–H groups in total. The first-order chi connectivity index (χ1) is 7.83. The second kappa shape index (κ2) is 4.13. The quantitative estimate of drug-likeness (QED) is 0.776. The summed E-state index contributed by atoms with van der Waals surface area (Å²) in [6, 6.07) is 10.8. The third-order valence-corrected chi connectivity index (χ3v) is 4.22. The Labute approximate surface area is 105 Å². The van der Waals surface area contributed by atoms with Gasteiger partial charge in [0.05, 0.1) is 6.10 Å². The lowest BCUT2D eigenvalue weighted by Crippen LogP contribution is -2.44. The molecule has 1 aromatic carbocycles. The Hall–Kier alpha value is -0.820. The SMILES string of the molecule is CC1(C)CC(O)CC(C)(C)C1c1ccccc1. The number of rotatable bonds is 1. The maximum Gasteiger partial charge on any atom is 0.0550 e. The van der Waals surface area contributed by atoms with Crippen molar-refractivity contribution in [1.29, 1.82) is 0 Å². The van der Waals surface area contributed by atoms with Gasteiger partial charge in [-0.3, -0.25) is 0 Å². The normalized spacial score (nSPS) is 31.1. The first kappa shape index (κ1) is 12.6. The maximum atomic E-state index is 10.0. The van der Waals surface area contributed by atoms with Crippen LogP contribution < -0.4 is 0 Å². The smallest absolute Gasteiger partial charge is 0.0550 e. The third-order valence-electron chi connectivity index (χ3n) is 4.22. The molecule has 0 heterocycles. The predicted molar refractivity (Wildman–Crippen MR) is 72.0 cm³/mol. The summed E-state index contributed by atoms with van der Waals surface area (Å²) in [6.45, 7) is 9.15. The summed E-state index contributed by atoms with van der Waals surface area (Å²) in [4.78, 5) is 0. The van der Waals surface area contributed by atoms with Crippen LogP contribution >= 0.6 is 0 Å². The number of hydrogen-bond donors (Lipinski definition) is 1. The lowest BCUT2D eigenvalue weighted by Gasteiger charge is -2.51. The second-order valence-corrected chi connectivity index (χ2v) is 6.88. The van der Waals surface area contributed by atoms with E-state index in [0.29, 0.717) is 5.92 Å². The van der Waals surface area contributed by atoms with Gasteiger partial charge in [0.2, 0.25) is 0 Å². The summed E-state index contributed by atoms with van der Waals surface area (Å²) in [5.41, 5.74) is 1.72. The minimum absolute atomic E-state index is 0.153. The molecule has 1 nitrogen and oxygen atoms in total. The zero-order valence-electron chi connectivity index (χ0n) is 11.4. The summed E-state index contributed by atoms with van der Waals surface area (Å²) in [5.74, 6) is 0.514. The summed E-state index contributed by atoms with van der Waals surface area (Å²) in [5, 5.41) is 10.0. The Balaban J connectivity index is 2.42. The average molecular weight is 232 g/mol. The third kappa shape index (κ3) is 2.40. The first-order valence-corrected chi connectivity index (χ1v) is 6.56. The molecule has 0 atom stereocenters. The van der Waals surface area contributed by atoms with Gasteiger partial charge >= 0.3 is 0 Å². The Bertz CT molecular complexity index is 360. The molecule has 0 saturated heterocycles. The summed E-state index contributed by atoms with van der Waals surface area (Å²) >= 11 is 0. The van der Waals surface area contributed by atoms with Gasteiger partial charge in [-0.2, -0.15) is 0 Å². The van der Waals surface area contributed by atoms with E-state index in [1.165, 1.54) is 5.56 Å². The molecule has 94 valence electrons. The van der Waals surface area contributed by atoms with E-state index in [-0.39, 0.29) is 16.9 Å². The van der Waals surface area contributed by atoms with Gasteiger partial charge in [0.25, 0.3) is 0 Å². The fourth-order valence-electron chi connectivity index (χ4n) is 4.13. The highest BCUT2D eigenvalue weighted by Crippen LogP contribution is 2.56. The van der Waals surface area contributed by atoms with E-state index in [1.54, 1.807) is 0 Å². The molecule has 1 heteroatoms. The molecule has 0 amide bonds. The Morgan fingerprint density at radius 1 is 0.941 bits per heavy atom. The van der Waals surface area contributed by atoms with Gasteiger partial charge in [-0.15, -0.1) is 0 Å². The molecule has 1 fully saturated rings. The van der Waals surface area contributed by atoms with Crippen molar-refractivity contribution < 1.29 is 5.11 Å². The molecule has 17 heavy (non-hydrogen) atoms. The minimum Gasteiger partial charge on any atom is -0.393 e. The van der Waals surface area contributed by atoms with Gasteiger partial charge in [0, 0.05) is 0 Å². The van der Waals surface area contributed by atoms with Crippen molar-refractivity contribution in [2.24, 2.45) is 10.8 Å². The lowest BCUT2D eigenvalue weighted by atomic mass is 9.54. The standard InChI is InChI=1S/C16H24O/c1-15(2)10-13(17)11-16(3,4)14(15)12-8-6-5-7-9-12/h5-9,13-14,17H,10-11H2,1-4H3. The van der Waals surface area contributed by atoms with Crippen LogP contribution in [0.5, 0.6) is 0 Å². The number of aliphatic hydroxyl groups is 1. The topological polar surface area (TPSA) is 20.2 Å². The second-order valence-electron chi connectivity index (χ2n) is 6.88. The zero-order valence-corrected chi connectivity index (χ0v) is 11.4. The van der Waals surface area contributed by atoms with E-state index < -0.39 is 0 Å². The highest BCUT2D eigenvalue weighted by Gasteiger charge is 2.47. The molecule has 2 rings (SSSR count). The van der Waals surface area contributed by atoms with Gasteiger partial charge in [-0.1, -0.05) is 58.0 Å². The molecule has 1 aliphatic carbocycles. The number of aliphatic hydroxyl groups excluding tert-OH is 1. The lowest BCUT2D eigenvalue weighted by molar-refractivity contribution is -0.0236. The van der Waals surface area contributed by atoms with Crippen molar-refractivity contribution in [3.8, 4) is 0 Å². The molecular formula is C16H24O. The Morgan fingerprint density at radius 2 is 1.41 bits per heavy atom. The van der Waals surface area contributed by atoms with Crippen LogP contribution in [0.25, 0.3) is 0 Å².